The number of aliphatic carboxylic acids is 1. The van der Waals surface area contributed by atoms with Crippen LogP contribution in [0.2, 0.25) is 0 Å². The molecule has 2 aromatic carbocycles. The Labute approximate surface area is 183 Å². The van der Waals surface area contributed by atoms with Gasteiger partial charge in [-0.3, -0.25) is 9.59 Å². The van der Waals surface area contributed by atoms with Crippen LogP contribution < -0.4 is 14.8 Å². The molecule has 1 saturated heterocycles. The Balaban J connectivity index is 1.90. The predicted molar refractivity (Wildman–Crippen MR) is 113 cm³/mol. The van der Waals surface area contributed by atoms with Gasteiger partial charge in [0, 0.05) is 5.56 Å². The number of imide groups is 1. The zero-order valence-corrected chi connectivity index (χ0v) is 17.3. The smallest absolute Gasteiger partial charge is 0.329 e. The fourth-order valence-electron chi connectivity index (χ4n) is 3.14. The van der Waals surface area contributed by atoms with Crippen LogP contribution in [0.3, 0.4) is 0 Å². The number of benzene rings is 2. The number of halogens is 1. The molecule has 0 spiro atoms. The predicted octanol–water partition coefficient (Wildman–Crippen LogP) is 3.12. The van der Waals surface area contributed by atoms with E-state index in [0.717, 1.165) is 5.56 Å². The van der Waals surface area contributed by atoms with Gasteiger partial charge >= 0.3 is 12.0 Å². The van der Waals surface area contributed by atoms with E-state index >= 15 is 0 Å². The average Bonchev–Trinajstić information content (AvgIpc) is 3.01. The number of amides is 3. The van der Waals surface area contributed by atoms with Crippen LogP contribution in [0.5, 0.6) is 11.5 Å². The summed E-state index contributed by atoms with van der Waals surface area (Å²) in [4.78, 5) is 35.8. The third-order valence-electron chi connectivity index (χ3n) is 4.60. The van der Waals surface area contributed by atoms with Gasteiger partial charge in [-0.05, 0) is 47.9 Å². The molecule has 1 heterocycles. The summed E-state index contributed by atoms with van der Waals surface area (Å²) in [5.74, 6) is -1.53. The highest BCUT2D eigenvalue weighted by molar-refractivity contribution is 6.15. The summed E-state index contributed by atoms with van der Waals surface area (Å²) in [5, 5.41) is 11.2. The lowest BCUT2D eigenvalue weighted by Gasteiger charge is -2.16. The largest absolute Gasteiger partial charge is 0.493 e. The van der Waals surface area contributed by atoms with Gasteiger partial charge in [-0.2, -0.15) is 0 Å². The van der Waals surface area contributed by atoms with E-state index in [1.54, 1.807) is 30.3 Å². The van der Waals surface area contributed by atoms with Crippen molar-refractivity contribution >= 4 is 24.0 Å². The molecule has 1 aliphatic heterocycles. The van der Waals surface area contributed by atoms with Crippen molar-refractivity contribution in [2.45, 2.75) is 13.0 Å². The molecular weight excluding hydrogens is 419 g/mol. The maximum Gasteiger partial charge on any atom is 0.329 e. The molecule has 2 N–H and O–H groups in total. The molecule has 0 atom stereocenters. The molecule has 8 nitrogen and oxygen atoms in total. The number of carboxylic acids is 1. The topological polar surface area (TPSA) is 105 Å². The van der Waals surface area contributed by atoms with E-state index in [1.165, 1.54) is 25.3 Å². The minimum atomic E-state index is -1.30. The molecule has 0 aliphatic carbocycles. The normalized spacial score (nSPS) is 14.4. The molecule has 166 valence electrons. The molecule has 3 amide bonds. The van der Waals surface area contributed by atoms with E-state index in [-0.39, 0.29) is 18.1 Å². The molecule has 32 heavy (non-hydrogen) atoms. The maximum absolute atomic E-state index is 13.1. The molecule has 0 saturated carbocycles. The van der Waals surface area contributed by atoms with Gasteiger partial charge in [-0.25, -0.2) is 14.1 Å². The van der Waals surface area contributed by atoms with Gasteiger partial charge in [0.05, 0.1) is 7.11 Å². The third kappa shape index (κ3) is 5.12. The number of carboxylic acid groups (broad SMARTS) is 1. The Hall–Kier alpha value is -4.14. The SMILES string of the molecule is C=CCc1cc(/C=C2/NC(=O)N(CC(=O)O)C2=O)cc(OC)c1OCc1ccc(F)cc1. The lowest BCUT2D eigenvalue weighted by atomic mass is 10.0. The molecule has 1 fully saturated rings. The number of nitrogens with zero attached hydrogens (tertiary/aromatic N) is 1. The van der Waals surface area contributed by atoms with Crippen LogP contribution in [0.15, 0.2) is 54.8 Å². The minimum absolute atomic E-state index is 0.0529. The van der Waals surface area contributed by atoms with E-state index in [9.17, 15) is 18.8 Å². The summed E-state index contributed by atoms with van der Waals surface area (Å²) < 4.78 is 24.5. The van der Waals surface area contributed by atoms with Gasteiger partial charge in [-0.1, -0.05) is 18.2 Å². The monoisotopic (exact) mass is 440 g/mol. The second-order valence-corrected chi connectivity index (χ2v) is 6.89. The second kappa shape index (κ2) is 9.78. The van der Waals surface area contributed by atoms with Crippen molar-refractivity contribution < 1.29 is 33.4 Å². The summed E-state index contributed by atoms with van der Waals surface area (Å²) in [5.41, 5.74) is 1.96. The fraction of sp³-hybridized carbons (Fsp3) is 0.174. The number of methoxy groups -OCH3 is 1. The van der Waals surface area contributed by atoms with E-state index in [4.69, 9.17) is 14.6 Å². The zero-order chi connectivity index (χ0) is 23.3. The van der Waals surface area contributed by atoms with Crippen molar-refractivity contribution in [2.24, 2.45) is 0 Å². The number of hydrogen-bond donors (Lipinski definition) is 2. The van der Waals surface area contributed by atoms with Crippen molar-refractivity contribution in [3.63, 3.8) is 0 Å². The molecular formula is C23H21FN2O6. The highest BCUT2D eigenvalue weighted by atomic mass is 19.1. The van der Waals surface area contributed by atoms with Crippen LogP contribution in [-0.4, -0.2) is 41.6 Å². The zero-order valence-electron chi connectivity index (χ0n) is 17.3. The number of ether oxygens (including phenoxy) is 2. The average molecular weight is 440 g/mol. The van der Waals surface area contributed by atoms with E-state index in [2.05, 4.69) is 11.9 Å². The first-order chi connectivity index (χ1) is 15.3. The second-order valence-electron chi connectivity index (χ2n) is 6.89. The van der Waals surface area contributed by atoms with Crippen LogP contribution in [0.1, 0.15) is 16.7 Å². The van der Waals surface area contributed by atoms with Gasteiger partial charge in [0.25, 0.3) is 5.91 Å². The quantitative estimate of drug-likeness (QED) is 0.353. The Bertz CT molecular complexity index is 1090. The third-order valence-corrected chi connectivity index (χ3v) is 4.60. The molecule has 3 rings (SSSR count). The van der Waals surface area contributed by atoms with Crippen molar-refractivity contribution in [1.82, 2.24) is 10.2 Å². The van der Waals surface area contributed by atoms with Crippen LogP contribution in [0.25, 0.3) is 6.08 Å². The van der Waals surface area contributed by atoms with Gasteiger partial charge in [-0.15, -0.1) is 6.58 Å². The standard InChI is InChI=1S/C23H21FN2O6/c1-3-4-16-9-15(10-18-22(29)26(12-20(27)28)23(30)25-18)11-19(31-2)21(16)32-13-14-5-7-17(24)8-6-14/h3,5-11H,1,4,12-13H2,2H3,(H,25,30)(H,27,28)/b18-10+. The Kier molecular flexibility index (Phi) is 6.89. The number of urea groups is 1. The molecule has 1 aliphatic rings. The summed E-state index contributed by atoms with van der Waals surface area (Å²) in [6.07, 6.45) is 3.53. The lowest BCUT2D eigenvalue weighted by molar-refractivity contribution is -0.140. The molecule has 0 unspecified atom stereocenters. The van der Waals surface area contributed by atoms with Crippen molar-refractivity contribution in [3.05, 3.63) is 77.3 Å². The highest BCUT2D eigenvalue weighted by Crippen LogP contribution is 2.35. The van der Waals surface area contributed by atoms with Gasteiger partial charge in [0.2, 0.25) is 0 Å². The fourth-order valence-corrected chi connectivity index (χ4v) is 3.14. The highest BCUT2D eigenvalue weighted by Gasteiger charge is 2.34. The van der Waals surface area contributed by atoms with Gasteiger partial charge in [0.1, 0.15) is 24.7 Å². The van der Waals surface area contributed by atoms with Crippen molar-refractivity contribution in [2.75, 3.05) is 13.7 Å². The lowest BCUT2D eigenvalue weighted by Crippen LogP contribution is -2.35. The van der Waals surface area contributed by atoms with Crippen LogP contribution in [0, 0.1) is 5.82 Å². The number of carbonyl (C=O) groups is 3. The molecule has 9 heteroatoms. The van der Waals surface area contributed by atoms with Gasteiger partial charge < -0.3 is 19.9 Å². The van der Waals surface area contributed by atoms with E-state index < -0.39 is 24.5 Å². The number of hydrogen-bond acceptors (Lipinski definition) is 5. The molecule has 0 bridgehead atoms. The van der Waals surface area contributed by atoms with Gasteiger partial charge in [0.15, 0.2) is 11.5 Å². The summed E-state index contributed by atoms with van der Waals surface area (Å²) in [6.45, 7) is 3.19. The van der Waals surface area contributed by atoms with E-state index in [1.807, 2.05) is 0 Å². The molecule has 0 radical (unpaired) electrons. The summed E-state index contributed by atoms with van der Waals surface area (Å²) in [7, 11) is 1.46. The minimum Gasteiger partial charge on any atom is -0.493 e. The first kappa shape index (κ1) is 22.5. The molecule has 0 aromatic heterocycles. The Morgan fingerprint density at radius 3 is 2.59 bits per heavy atom. The number of nitrogens with one attached hydrogen (secondary N) is 1. The number of rotatable bonds is 9. The van der Waals surface area contributed by atoms with Crippen LogP contribution >= 0.6 is 0 Å². The summed E-state index contributed by atoms with van der Waals surface area (Å²) in [6, 6.07) is 8.49. The first-order valence-corrected chi connectivity index (χ1v) is 9.57. The number of allylic oxidation sites excluding steroid dienone is 1. The number of carbonyl (C=O) groups excluding carboxylic acids is 2. The molecule has 2 aromatic rings. The first-order valence-electron chi connectivity index (χ1n) is 9.57. The van der Waals surface area contributed by atoms with E-state index in [0.29, 0.717) is 33.9 Å². The van der Waals surface area contributed by atoms with Crippen molar-refractivity contribution in [1.29, 1.82) is 0 Å². The summed E-state index contributed by atoms with van der Waals surface area (Å²) >= 11 is 0. The Morgan fingerprint density at radius 1 is 1.25 bits per heavy atom. The van der Waals surface area contributed by atoms with Crippen molar-refractivity contribution in [3.8, 4) is 11.5 Å². The van der Waals surface area contributed by atoms with Crippen LogP contribution in [-0.2, 0) is 22.6 Å². The van der Waals surface area contributed by atoms with Crippen LogP contribution in [0.4, 0.5) is 9.18 Å². The maximum atomic E-state index is 13.1. The Morgan fingerprint density at radius 2 is 1.97 bits per heavy atom.